The molecule has 1 unspecified atom stereocenters. The van der Waals surface area contributed by atoms with Crippen molar-refractivity contribution in [3.8, 4) is 5.75 Å². The molecule has 1 aromatic rings. The van der Waals surface area contributed by atoms with Gasteiger partial charge in [0, 0.05) is 31.8 Å². The molecule has 19 heavy (non-hydrogen) atoms. The zero-order valence-electron chi connectivity index (χ0n) is 13.0. The van der Waals surface area contributed by atoms with Crippen LogP contribution in [0.5, 0.6) is 5.75 Å². The molecule has 1 rings (SSSR count). The number of methoxy groups -OCH3 is 1. The SMILES string of the molecule is COc1cc(C)c(N(C)CC(CO)C(C)C)cc1C. The van der Waals surface area contributed by atoms with E-state index in [0.717, 1.165) is 17.9 Å². The van der Waals surface area contributed by atoms with Crippen molar-refractivity contribution in [2.45, 2.75) is 27.7 Å². The molecule has 1 aromatic carbocycles. The Hall–Kier alpha value is -1.22. The lowest BCUT2D eigenvalue weighted by Crippen LogP contribution is -2.31. The lowest BCUT2D eigenvalue weighted by molar-refractivity contribution is 0.193. The summed E-state index contributed by atoms with van der Waals surface area (Å²) in [5, 5.41) is 9.45. The molecule has 3 heteroatoms. The summed E-state index contributed by atoms with van der Waals surface area (Å²) in [6, 6.07) is 4.23. The second kappa shape index (κ2) is 6.80. The molecular weight excluding hydrogens is 238 g/mol. The molecule has 0 radical (unpaired) electrons. The number of anilines is 1. The van der Waals surface area contributed by atoms with E-state index >= 15 is 0 Å². The first-order valence-electron chi connectivity index (χ1n) is 6.87. The van der Waals surface area contributed by atoms with Crippen LogP contribution >= 0.6 is 0 Å². The van der Waals surface area contributed by atoms with Crippen LogP contribution in [0.4, 0.5) is 5.69 Å². The second-order valence-corrected chi connectivity index (χ2v) is 5.68. The first-order valence-corrected chi connectivity index (χ1v) is 6.87. The summed E-state index contributed by atoms with van der Waals surface area (Å²) in [6.45, 7) is 9.55. The molecule has 0 spiro atoms. The van der Waals surface area contributed by atoms with E-state index in [9.17, 15) is 5.11 Å². The Kier molecular flexibility index (Phi) is 5.67. The maximum atomic E-state index is 9.45. The summed E-state index contributed by atoms with van der Waals surface area (Å²) in [6.07, 6.45) is 0. The van der Waals surface area contributed by atoms with Gasteiger partial charge in [-0.25, -0.2) is 0 Å². The van der Waals surface area contributed by atoms with Gasteiger partial charge in [-0.15, -0.1) is 0 Å². The number of nitrogens with zero attached hydrogens (tertiary/aromatic N) is 1. The Labute approximate surface area is 117 Å². The number of hydrogen-bond donors (Lipinski definition) is 1. The molecular formula is C16H27NO2. The van der Waals surface area contributed by atoms with Crippen LogP contribution in [0.15, 0.2) is 12.1 Å². The first-order chi connectivity index (χ1) is 8.90. The fourth-order valence-corrected chi connectivity index (χ4v) is 2.34. The molecule has 3 nitrogen and oxygen atoms in total. The minimum absolute atomic E-state index is 0.232. The molecule has 0 bridgehead atoms. The third-order valence-electron chi connectivity index (χ3n) is 3.81. The molecule has 0 aromatic heterocycles. The summed E-state index contributed by atoms with van der Waals surface area (Å²) in [7, 11) is 3.78. The zero-order chi connectivity index (χ0) is 14.6. The predicted octanol–water partition coefficient (Wildman–Crippen LogP) is 3.01. The Balaban J connectivity index is 2.93. The first kappa shape index (κ1) is 15.8. The minimum Gasteiger partial charge on any atom is -0.496 e. The van der Waals surface area contributed by atoms with Crippen molar-refractivity contribution in [1.82, 2.24) is 0 Å². The highest BCUT2D eigenvalue weighted by Gasteiger charge is 2.16. The standard InChI is InChI=1S/C16H27NO2/c1-11(2)14(10-18)9-17(5)15-7-13(4)16(19-6)8-12(15)3/h7-8,11,14,18H,9-10H2,1-6H3. The number of aliphatic hydroxyl groups is 1. The molecule has 0 saturated carbocycles. The Bertz CT molecular complexity index is 415. The summed E-state index contributed by atoms with van der Waals surface area (Å²) >= 11 is 0. The van der Waals surface area contributed by atoms with Crippen molar-refractivity contribution < 1.29 is 9.84 Å². The van der Waals surface area contributed by atoms with Gasteiger partial charge in [0.1, 0.15) is 5.75 Å². The second-order valence-electron chi connectivity index (χ2n) is 5.68. The van der Waals surface area contributed by atoms with Crippen molar-refractivity contribution in [3.63, 3.8) is 0 Å². The molecule has 0 fully saturated rings. The highest BCUT2D eigenvalue weighted by Crippen LogP contribution is 2.29. The van der Waals surface area contributed by atoms with E-state index in [4.69, 9.17) is 4.74 Å². The smallest absolute Gasteiger partial charge is 0.122 e. The number of aryl methyl sites for hydroxylation is 2. The van der Waals surface area contributed by atoms with Crippen LogP contribution in [0.3, 0.4) is 0 Å². The quantitative estimate of drug-likeness (QED) is 0.858. The molecule has 0 aliphatic heterocycles. The van der Waals surface area contributed by atoms with Gasteiger partial charge in [0.25, 0.3) is 0 Å². The molecule has 0 heterocycles. The molecule has 0 aliphatic carbocycles. The topological polar surface area (TPSA) is 32.7 Å². The summed E-state index contributed by atoms with van der Waals surface area (Å²) in [4.78, 5) is 2.22. The normalized spacial score (nSPS) is 12.6. The summed E-state index contributed by atoms with van der Waals surface area (Å²) in [5.41, 5.74) is 3.54. The number of benzene rings is 1. The maximum Gasteiger partial charge on any atom is 0.122 e. The number of aliphatic hydroxyl groups excluding tert-OH is 1. The highest BCUT2D eigenvalue weighted by molar-refractivity contribution is 5.58. The third-order valence-corrected chi connectivity index (χ3v) is 3.81. The average Bonchev–Trinajstić information content (AvgIpc) is 2.37. The van der Waals surface area contributed by atoms with Gasteiger partial charge in [-0.3, -0.25) is 0 Å². The van der Waals surface area contributed by atoms with Crippen LogP contribution < -0.4 is 9.64 Å². The van der Waals surface area contributed by atoms with Gasteiger partial charge in [0.15, 0.2) is 0 Å². The fraction of sp³-hybridized carbons (Fsp3) is 0.625. The van der Waals surface area contributed by atoms with Gasteiger partial charge in [-0.05, 0) is 43.0 Å². The van der Waals surface area contributed by atoms with Crippen LogP contribution in [0.1, 0.15) is 25.0 Å². The number of ether oxygens (including phenoxy) is 1. The van der Waals surface area contributed by atoms with Crippen molar-refractivity contribution in [2.24, 2.45) is 11.8 Å². The highest BCUT2D eigenvalue weighted by atomic mass is 16.5. The molecule has 1 atom stereocenters. The number of hydrogen-bond acceptors (Lipinski definition) is 3. The fourth-order valence-electron chi connectivity index (χ4n) is 2.34. The summed E-state index contributed by atoms with van der Waals surface area (Å²) < 4.78 is 5.34. The van der Waals surface area contributed by atoms with E-state index < -0.39 is 0 Å². The van der Waals surface area contributed by atoms with Crippen LogP contribution in [0.2, 0.25) is 0 Å². The van der Waals surface area contributed by atoms with Gasteiger partial charge in [0.2, 0.25) is 0 Å². The van der Waals surface area contributed by atoms with Gasteiger partial charge >= 0.3 is 0 Å². The summed E-state index contributed by atoms with van der Waals surface area (Å²) in [5.74, 6) is 1.70. The lowest BCUT2D eigenvalue weighted by atomic mass is 9.96. The van der Waals surface area contributed by atoms with E-state index in [0.29, 0.717) is 11.8 Å². The van der Waals surface area contributed by atoms with Gasteiger partial charge in [0.05, 0.1) is 7.11 Å². The molecule has 108 valence electrons. The Morgan fingerprint density at radius 3 is 2.32 bits per heavy atom. The van der Waals surface area contributed by atoms with Crippen molar-refractivity contribution >= 4 is 5.69 Å². The van der Waals surface area contributed by atoms with Gasteiger partial charge in [-0.1, -0.05) is 13.8 Å². The monoisotopic (exact) mass is 265 g/mol. The molecule has 1 N–H and O–H groups in total. The molecule has 0 saturated heterocycles. The van der Waals surface area contributed by atoms with E-state index in [1.807, 2.05) is 0 Å². The van der Waals surface area contributed by atoms with Crippen molar-refractivity contribution in [3.05, 3.63) is 23.3 Å². The zero-order valence-corrected chi connectivity index (χ0v) is 13.0. The Morgan fingerprint density at radius 1 is 1.21 bits per heavy atom. The maximum absolute atomic E-state index is 9.45. The van der Waals surface area contributed by atoms with Crippen LogP contribution in [-0.2, 0) is 0 Å². The average molecular weight is 265 g/mol. The van der Waals surface area contributed by atoms with E-state index in [2.05, 4.69) is 51.8 Å². The van der Waals surface area contributed by atoms with E-state index in [1.54, 1.807) is 7.11 Å². The van der Waals surface area contributed by atoms with E-state index in [-0.39, 0.29) is 6.61 Å². The predicted molar refractivity (Wildman–Crippen MR) is 81.2 cm³/mol. The number of rotatable bonds is 6. The van der Waals surface area contributed by atoms with Crippen LogP contribution in [0.25, 0.3) is 0 Å². The van der Waals surface area contributed by atoms with Crippen molar-refractivity contribution in [2.75, 3.05) is 32.2 Å². The van der Waals surface area contributed by atoms with Crippen LogP contribution in [0, 0.1) is 25.7 Å². The Morgan fingerprint density at radius 2 is 1.84 bits per heavy atom. The van der Waals surface area contributed by atoms with E-state index in [1.165, 1.54) is 11.3 Å². The molecule has 0 amide bonds. The van der Waals surface area contributed by atoms with Gasteiger partial charge in [-0.2, -0.15) is 0 Å². The van der Waals surface area contributed by atoms with Crippen LogP contribution in [-0.4, -0.2) is 32.4 Å². The largest absolute Gasteiger partial charge is 0.496 e. The van der Waals surface area contributed by atoms with Crippen molar-refractivity contribution in [1.29, 1.82) is 0 Å². The van der Waals surface area contributed by atoms with Gasteiger partial charge < -0.3 is 14.7 Å². The lowest BCUT2D eigenvalue weighted by Gasteiger charge is -2.28. The molecule has 0 aliphatic rings. The third kappa shape index (κ3) is 3.87. The minimum atomic E-state index is 0.232.